The monoisotopic (exact) mass is 263 g/mol. The maximum absolute atomic E-state index is 6.26. The zero-order valence-corrected chi connectivity index (χ0v) is 11.9. The molecule has 0 spiro atoms. The number of unbranched alkanes of at least 4 members (excludes halogenated alkanes) is 5. The van der Waals surface area contributed by atoms with Crippen molar-refractivity contribution in [3.8, 4) is 0 Å². The van der Waals surface area contributed by atoms with Gasteiger partial charge >= 0.3 is 0 Å². The minimum Gasteiger partial charge on any atom is -0.346 e. The summed E-state index contributed by atoms with van der Waals surface area (Å²) in [5, 5.41) is 2.11. The van der Waals surface area contributed by atoms with Crippen molar-refractivity contribution < 1.29 is 0 Å². The van der Waals surface area contributed by atoms with Gasteiger partial charge in [-0.05, 0) is 18.6 Å². The van der Waals surface area contributed by atoms with E-state index < -0.39 is 0 Å². The number of hydrogen-bond acceptors (Lipinski definition) is 0. The number of nitrogens with zero attached hydrogens (tertiary/aromatic N) is 1. The highest BCUT2D eigenvalue weighted by Crippen LogP contribution is 2.24. The molecule has 0 saturated heterocycles. The van der Waals surface area contributed by atoms with Gasteiger partial charge in [0, 0.05) is 18.1 Å². The molecule has 0 N–H and O–H groups in total. The van der Waals surface area contributed by atoms with Crippen molar-refractivity contribution in [1.29, 1.82) is 0 Å². The Bertz CT molecular complexity index is 487. The van der Waals surface area contributed by atoms with Crippen LogP contribution in [-0.2, 0) is 6.54 Å². The van der Waals surface area contributed by atoms with E-state index in [0.717, 1.165) is 11.6 Å². The highest BCUT2D eigenvalue weighted by Gasteiger charge is 2.04. The van der Waals surface area contributed by atoms with Crippen LogP contribution in [0.3, 0.4) is 0 Å². The van der Waals surface area contributed by atoms with Gasteiger partial charge in [-0.25, -0.2) is 0 Å². The Morgan fingerprint density at radius 2 is 1.78 bits per heavy atom. The van der Waals surface area contributed by atoms with Gasteiger partial charge < -0.3 is 4.57 Å². The quantitative estimate of drug-likeness (QED) is 0.569. The van der Waals surface area contributed by atoms with Crippen LogP contribution in [-0.4, -0.2) is 4.57 Å². The molecule has 1 nitrogen and oxygen atoms in total. The summed E-state index contributed by atoms with van der Waals surface area (Å²) in [5.41, 5.74) is 1.19. The first-order valence-electron chi connectivity index (χ1n) is 7.06. The molecule has 1 aromatic heterocycles. The molecule has 2 heteroatoms. The number of aryl methyl sites for hydroxylation is 1. The van der Waals surface area contributed by atoms with Crippen LogP contribution < -0.4 is 0 Å². The van der Waals surface area contributed by atoms with Gasteiger partial charge in [0.2, 0.25) is 0 Å². The van der Waals surface area contributed by atoms with E-state index in [1.165, 1.54) is 49.4 Å². The van der Waals surface area contributed by atoms with Crippen LogP contribution >= 0.6 is 11.6 Å². The van der Waals surface area contributed by atoms with E-state index in [1.807, 2.05) is 12.1 Å². The molecule has 0 aliphatic heterocycles. The molecule has 0 aliphatic rings. The molecule has 0 saturated carbocycles. The van der Waals surface area contributed by atoms with Crippen LogP contribution in [0.5, 0.6) is 0 Å². The Kier molecular flexibility index (Phi) is 5.12. The molecule has 0 unspecified atom stereocenters. The van der Waals surface area contributed by atoms with Gasteiger partial charge in [-0.1, -0.05) is 62.8 Å². The number of para-hydroxylation sites is 1. The predicted molar refractivity (Wildman–Crippen MR) is 80.3 cm³/mol. The Morgan fingerprint density at radius 3 is 2.61 bits per heavy atom. The summed E-state index contributed by atoms with van der Waals surface area (Å²) in [4.78, 5) is 0. The average molecular weight is 264 g/mol. The maximum Gasteiger partial charge on any atom is 0.0669 e. The summed E-state index contributed by atoms with van der Waals surface area (Å²) in [6.07, 6.45) is 10.2. The minimum atomic E-state index is 0.864. The summed E-state index contributed by atoms with van der Waals surface area (Å²) in [7, 11) is 0. The molecule has 0 fully saturated rings. The van der Waals surface area contributed by atoms with Crippen molar-refractivity contribution in [3.63, 3.8) is 0 Å². The second kappa shape index (κ2) is 6.84. The number of fused-ring (bicyclic) bond motifs is 1. The fourth-order valence-corrected chi connectivity index (χ4v) is 2.75. The normalized spacial score (nSPS) is 11.2. The van der Waals surface area contributed by atoms with Crippen molar-refractivity contribution in [2.24, 2.45) is 0 Å². The van der Waals surface area contributed by atoms with Crippen LogP contribution in [0.1, 0.15) is 45.4 Å². The second-order valence-corrected chi connectivity index (χ2v) is 5.36. The molecule has 0 radical (unpaired) electrons. The largest absolute Gasteiger partial charge is 0.346 e. The molecule has 98 valence electrons. The Hall–Kier alpha value is -0.950. The highest BCUT2D eigenvalue weighted by atomic mass is 35.5. The number of halogens is 1. The molecular weight excluding hydrogens is 242 g/mol. The molecule has 0 amide bonds. The fourth-order valence-electron chi connectivity index (χ4n) is 2.46. The fraction of sp³-hybridized carbons (Fsp3) is 0.500. The lowest BCUT2D eigenvalue weighted by Crippen LogP contribution is -1.96. The van der Waals surface area contributed by atoms with Gasteiger partial charge in [0.05, 0.1) is 10.5 Å². The van der Waals surface area contributed by atoms with Gasteiger partial charge in [0.15, 0.2) is 0 Å². The SMILES string of the molecule is CCCCCCCCn1ccc2cccc(Cl)c21. The van der Waals surface area contributed by atoms with Crippen molar-refractivity contribution in [2.75, 3.05) is 0 Å². The smallest absolute Gasteiger partial charge is 0.0669 e. The van der Waals surface area contributed by atoms with Crippen LogP contribution in [0, 0.1) is 0 Å². The summed E-state index contributed by atoms with van der Waals surface area (Å²) in [5.74, 6) is 0. The lowest BCUT2D eigenvalue weighted by molar-refractivity contribution is 0.565. The summed E-state index contributed by atoms with van der Waals surface area (Å²) in [6, 6.07) is 8.26. The van der Waals surface area contributed by atoms with E-state index in [9.17, 15) is 0 Å². The van der Waals surface area contributed by atoms with Crippen LogP contribution in [0.2, 0.25) is 5.02 Å². The van der Waals surface area contributed by atoms with E-state index >= 15 is 0 Å². The molecule has 0 bridgehead atoms. The van der Waals surface area contributed by atoms with Gasteiger partial charge in [0.1, 0.15) is 0 Å². The van der Waals surface area contributed by atoms with E-state index in [1.54, 1.807) is 0 Å². The number of aromatic nitrogens is 1. The minimum absolute atomic E-state index is 0.864. The zero-order chi connectivity index (χ0) is 12.8. The Morgan fingerprint density at radius 1 is 1.00 bits per heavy atom. The standard InChI is InChI=1S/C16H22ClN/c1-2-3-4-5-6-7-12-18-13-11-14-9-8-10-15(17)16(14)18/h8-11,13H,2-7,12H2,1H3. The van der Waals surface area contributed by atoms with Crippen molar-refractivity contribution in [3.05, 3.63) is 35.5 Å². The van der Waals surface area contributed by atoms with Crippen LogP contribution in [0.25, 0.3) is 10.9 Å². The highest BCUT2D eigenvalue weighted by molar-refractivity contribution is 6.35. The molecule has 18 heavy (non-hydrogen) atoms. The first-order chi connectivity index (χ1) is 8.83. The molecule has 0 atom stereocenters. The second-order valence-electron chi connectivity index (χ2n) is 4.95. The van der Waals surface area contributed by atoms with Crippen molar-refractivity contribution in [2.45, 2.75) is 52.0 Å². The molecule has 0 aliphatic carbocycles. The van der Waals surface area contributed by atoms with Gasteiger partial charge in [-0.15, -0.1) is 0 Å². The lowest BCUT2D eigenvalue weighted by Gasteiger charge is -2.06. The third-order valence-electron chi connectivity index (χ3n) is 3.49. The van der Waals surface area contributed by atoms with Crippen LogP contribution in [0.4, 0.5) is 0 Å². The average Bonchev–Trinajstić information content (AvgIpc) is 2.78. The topological polar surface area (TPSA) is 4.93 Å². The molecule has 1 aromatic carbocycles. The molecule has 2 aromatic rings. The zero-order valence-electron chi connectivity index (χ0n) is 11.2. The Balaban J connectivity index is 1.88. The Labute approximate surface area is 115 Å². The summed E-state index contributed by atoms with van der Waals surface area (Å²) < 4.78 is 2.29. The number of hydrogen-bond donors (Lipinski definition) is 0. The lowest BCUT2D eigenvalue weighted by atomic mass is 10.1. The van der Waals surface area contributed by atoms with E-state index in [0.29, 0.717) is 0 Å². The van der Waals surface area contributed by atoms with Crippen molar-refractivity contribution >= 4 is 22.5 Å². The number of benzene rings is 1. The third kappa shape index (κ3) is 3.29. The van der Waals surface area contributed by atoms with E-state index in [4.69, 9.17) is 11.6 Å². The molecule has 2 rings (SSSR count). The van der Waals surface area contributed by atoms with Crippen molar-refractivity contribution in [1.82, 2.24) is 4.57 Å². The first kappa shape index (κ1) is 13.5. The van der Waals surface area contributed by atoms with Gasteiger partial charge in [-0.2, -0.15) is 0 Å². The van der Waals surface area contributed by atoms with Gasteiger partial charge in [-0.3, -0.25) is 0 Å². The summed E-state index contributed by atoms with van der Waals surface area (Å²) in [6.45, 7) is 3.34. The maximum atomic E-state index is 6.26. The van der Waals surface area contributed by atoms with Gasteiger partial charge in [0.25, 0.3) is 0 Å². The molecule has 1 heterocycles. The predicted octanol–water partition coefficient (Wildman–Crippen LogP) is 5.66. The first-order valence-corrected chi connectivity index (χ1v) is 7.44. The van der Waals surface area contributed by atoms with Crippen LogP contribution in [0.15, 0.2) is 30.5 Å². The van der Waals surface area contributed by atoms with E-state index in [2.05, 4.69) is 29.8 Å². The summed E-state index contributed by atoms with van der Waals surface area (Å²) >= 11 is 6.26. The molecular formula is C16H22ClN. The van der Waals surface area contributed by atoms with E-state index in [-0.39, 0.29) is 0 Å². The third-order valence-corrected chi connectivity index (χ3v) is 3.80. The number of rotatable bonds is 7.